The second-order valence-corrected chi connectivity index (χ2v) is 6.04. The molecule has 0 heterocycles. The van der Waals surface area contributed by atoms with E-state index in [1.165, 1.54) is 18.2 Å². The lowest BCUT2D eigenvalue weighted by atomic mass is 9.97. The summed E-state index contributed by atoms with van der Waals surface area (Å²) in [5.41, 5.74) is 0.0256. The number of urea groups is 1. The number of anilines is 1. The number of hydrogen-bond donors (Lipinski definition) is 3. The van der Waals surface area contributed by atoms with Gasteiger partial charge in [-0.2, -0.15) is 0 Å². The minimum atomic E-state index is -0.961. The van der Waals surface area contributed by atoms with Crippen LogP contribution >= 0.6 is 15.9 Å². The van der Waals surface area contributed by atoms with Gasteiger partial charge in [0.1, 0.15) is 5.82 Å². The molecular formula is C14H18BrFN2O3. The largest absolute Gasteiger partial charge is 0.481 e. The highest BCUT2D eigenvalue weighted by Crippen LogP contribution is 2.19. The van der Waals surface area contributed by atoms with Gasteiger partial charge in [0.05, 0.1) is 11.6 Å². The Morgan fingerprint density at radius 3 is 2.62 bits per heavy atom. The summed E-state index contributed by atoms with van der Waals surface area (Å²) in [7, 11) is 0. The Balaban J connectivity index is 2.57. The number of aliphatic carboxylic acids is 1. The van der Waals surface area contributed by atoms with Crippen molar-refractivity contribution in [3.05, 3.63) is 28.5 Å². The van der Waals surface area contributed by atoms with E-state index in [-0.39, 0.29) is 18.2 Å². The number of rotatable bonds is 6. The van der Waals surface area contributed by atoms with Crippen molar-refractivity contribution in [3.63, 3.8) is 0 Å². The smallest absolute Gasteiger partial charge is 0.319 e. The average Bonchev–Trinajstić information content (AvgIpc) is 2.38. The van der Waals surface area contributed by atoms with Gasteiger partial charge in [0.25, 0.3) is 0 Å². The molecule has 0 fully saturated rings. The molecule has 1 rings (SSSR count). The molecular weight excluding hydrogens is 343 g/mol. The molecule has 116 valence electrons. The summed E-state index contributed by atoms with van der Waals surface area (Å²) >= 11 is 3.18. The molecule has 1 aromatic carbocycles. The third-order valence-corrected chi connectivity index (χ3v) is 3.28. The monoisotopic (exact) mass is 360 g/mol. The summed E-state index contributed by atoms with van der Waals surface area (Å²) in [5.74, 6) is -1.98. The quantitative estimate of drug-likeness (QED) is 0.726. The molecule has 0 aliphatic rings. The zero-order valence-electron chi connectivity index (χ0n) is 11.8. The van der Waals surface area contributed by atoms with E-state index in [2.05, 4.69) is 26.6 Å². The first-order chi connectivity index (χ1) is 9.79. The Kier molecular flexibility index (Phi) is 6.61. The fraction of sp³-hybridized carbons (Fsp3) is 0.429. The van der Waals surface area contributed by atoms with Gasteiger partial charge in [0.15, 0.2) is 0 Å². The number of nitrogens with one attached hydrogen (secondary N) is 2. The highest BCUT2D eigenvalue weighted by Gasteiger charge is 2.19. The van der Waals surface area contributed by atoms with Crippen LogP contribution in [0.1, 0.15) is 20.3 Å². The molecule has 2 amide bonds. The van der Waals surface area contributed by atoms with Gasteiger partial charge in [-0.25, -0.2) is 9.18 Å². The van der Waals surface area contributed by atoms with Crippen LogP contribution in [0.4, 0.5) is 14.9 Å². The van der Waals surface area contributed by atoms with Crippen molar-refractivity contribution in [1.29, 1.82) is 0 Å². The van der Waals surface area contributed by atoms with E-state index in [4.69, 9.17) is 5.11 Å². The van der Waals surface area contributed by atoms with Crippen molar-refractivity contribution >= 4 is 33.6 Å². The van der Waals surface area contributed by atoms with Crippen molar-refractivity contribution in [2.45, 2.75) is 20.3 Å². The lowest BCUT2D eigenvalue weighted by Gasteiger charge is -2.16. The summed E-state index contributed by atoms with van der Waals surface area (Å²) in [4.78, 5) is 22.8. The van der Waals surface area contributed by atoms with Gasteiger partial charge in [0.2, 0.25) is 0 Å². The highest BCUT2D eigenvalue weighted by atomic mass is 79.9. The van der Waals surface area contributed by atoms with Crippen molar-refractivity contribution < 1.29 is 19.1 Å². The molecule has 0 aliphatic heterocycles. The number of carbonyl (C=O) groups excluding carboxylic acids is 1. The van der Waals surface area contributed by atoms with Crippen LogP contribution in [-0.4, -0.2) is 23.7 Å². The molecule has 0 saturated carbocycles. The van der Waals surface area contributed by atoms with Crippen LogP contribution in [0.2, 0.25) is 0 Å². The van der Waals surface area contributed by atoms with Gasteiger partial charge in [-0.1, -0.05) is 29.8 Å². The number of carbonyl (C=O) groups is 2. The van der Waals surface area contributed by atoms with Crippen LogP contribution in [0, 0.1) is 17.7 Å². The maximum absolute atomic E-state index is 13.5. The van der Waals surface area contributed by atoms with E-state index in [0.717, 1.165) is 0 Å². The zero-order valence-corrected chi connectivity index (χ0v) is 13.4. The van der Waals surface area contributed by atoms with Crippen molar-refractivity contribution in [2.24, 2.45) is 11.8 Å². The third kappa shape index (κ3) is 6.12. The Bertz CT molecular complexity index is 523. The summed E-state index contributed by atoms with van der Waals surface area (Å²) < 4.78 is 14.1. The Morgan fingerprint density at radius 2 is 2.05 bits per heavy atom. The Hall–Kier alpha value is -1.63. The fourth-order valence-corrected chi connectivity index (χ4v) is 2.18. The van der Waals surface area contributed by atoms with Crippen LogP contribution in [0.15, 0.2) is 22.7 Å². The van der Waals surface area contributed by atoms with E-state index in [1.807, 2.05) is 13.8 Å². The second-order valence-electron chi connectivity index (χ2n) is 5.12. The predicted molar refractivity (Wildman–Crippen MR) is 81.7 cm³/mol. The molecule has 21 heavy (non-hydrogen) atoms. The van der Waals surface area contributed by atoms with Gasteiger partial charge < -0.3 is 15.7 Å². The molecule has 0 aliphatic carbocycles. The molecule has 3 N–H and O–H groups in total. The number of benzene rings is 1. The number of amides is 2. The second kappa shape index (κ2) is 7.97. The van der Waals surface area contributed by atoms with Gasteiger partial charge >= 0.3 is 12.0 Å². The molecule has 5 nitrogen and oxygen atoms in total. The molecule has 0 bridgehead atoms. The Labute approximate surface area is 131 Å². The highest BCUT2D eigenvalue weighted by molar-refractivity contribution is 9.10. The maximum atomic E-state index is 13.5. The predicted octanol–water partition coefficient (Wildman–Crippen LogP) is 3.46. The van der Waals surface area contributed by atoms with E-state index < -0.39 is 23.7 Å². The summed E-state index contributed by atoms with van der Waals surface area (Å²) in [6.45, 7) is 3.81. The van der Waals surface area contributed by atoms with Crippen LogP contribution in [0.25, 0.3) is 0 Å². The van der Waals surface area contributed by atoms with Gasteiger partial charge in [-0.15, -0.1) is 0 Å². The third-order valence-electron chi connectivity index (χ3n) is 2.79. The fourth-order valence-electron chi connectivity index (χ4n) is 1.82. The van der Waals surface area contributed by atoms with Crippen LogP contribution in [-0.2, 0) is 4.79 Å². The first-order valence-electron chi connectivity index (χ1n) is 6.52. The average molecular weight is 361 g/mol. The van der Waals surface area contributed by atoms with Crippen LogP contribution < -0.4 is 10.6 Å². The topological polar surface area (TPSA) is 78.4 Å². The van der Waals surface area contributed by atoms with E-state index in [9.17, 15) is 14.0 Å². The number of hydrogen-bond acceptors (Lipinski definition) is 2. The molecule has 0 spiro atoms. The summed E-state index contributed by atoms with van der Waals surface area (Å²) in [6, 6.07) is 3.53. The maximum Gasteiger partial charge on any atom is 0.319 e. The SMILES string of the molecule is CC(C)CC(CNC(=O)Nc1cc(Br)ccc1F)C(=O)O. The minimum Gasteiger partial charge on any atom is -0.481 e. The normalized spacial score (nSPS) is 12.0. The lowest BCUT2D eigenvalue weighted by molar-refractivity contribution is -0.142. The molecule has 1 aromatic rings. The van der Waals surface area contributed by atoms with Crippen LogP contribution in [0.5, 0.6) is 0 Å². The number of halogens is 2. The number of carboxylic acid groups (broad SMARTS) is 1. The van der Waals surface area contributed by atoms with Crippen molar-refractivity contribution in [3.8, 4) is 0 Å². The zero-order chi connectivity index (χ0) is 16.0. The standard InChI is InChI=1S/C14H18BrFN2O3/c1-8(2)5-9(13(19)20)7-17-14(21)18-12-6-10(15)3-4-11(12)16/h3-4,6,8-9H,5,7H2,1-2H3,(H,19,20)(H2,17,18,21). The molecule has 1 unspecified atom stereocenters. The first-order valence-corrected chi connectivity index (χ1v) is 7.31. The molecule has 7 heteroatoms. The first kappa shape index (κ1) is 17.4. The summed E-state index contributed by atoms with van der Waals surface area (Å²) in [6.07, 6.45) is 0.459. The van der Waals surface area contributed by atoms with Gasteiger partial charge in [-0.3, -0.25) is 4.79 Å². The van der Waals surface area contributed by atoms with Crippen molar-refractivity contribution in [1.82, 2.24) is 5.32 Å². The molecule has 0 saturated heterocycles. The van der Waals surface area contributed by atoms with Crippen LogP contribution in [0.3, 0.4) is 0 Å². The van der Waals surface area contributed by atoms with E-state index in [0.29, 0.717) is 10.9 Å². The van der Waals surface area contributed by atoms with E-state index in [1.54, 1.807) is 0 Å². The van der Waals surface area contributed by atoms with Gasteiger partial charge in [-0.05, 0) is 30.5 Å². The molecule has 0 radical (unpaired) electrons. The summed E-state index contributed by atoms with van der Waals surface area (Å²) in [5, 5.41) is 13.9. The molecule has 0 aromatic heterocycles. The minimum absolute atomic E-state index is 0.00499. The van der Waals surface area contributed by atoms with Crippen molar-refractivity contribution in [2.75, 3.05) is 11.9 Å². The van der Waals surface area contributed by atoms with Gasteiger partial charge in [0, 0.05) is 11.0 Å². The Morgan fingerprint density at radius 1 is 1.38 bits per heavy atom. The lowest BCUT2D eigenvalue weighted by Crippen LogP contribution is -2.36. The van der Waals surface area contributed by atoms with E-state index >= 15 is 0 Å². The number of carboxylic acids is 1. The molecule has 1 atom stereocenters.